The maximum Gasteiger partial charge on any atom is 0.244 e. The van der Waals surface area contributed by atoms with Gasteiger partial charge in [-0.2, -0.15) is 5.10 Å². The Kier molecular flexibility index (Phi) is 5.50. The molecule has 0 aliphatic heterocycles. The van der Waals surface area contributed by atoms with Gasteiger partial charge in [0.15, 0.2) is 0 Å². The van der Waals surface area contributed by atoms with Gasteiger partial charge in [0.25, 0.3) is 0 Å². The van der Waals surface area contributed by atoms with Crippen molar-refractivity contribution in [2.45, 2.75) is 27.2 Å². The molecule has 0 saturated heterocycles. The van der Waals surface area contributed by atoms with E-state index in [1.54, 1.807) is 0 Å². The van der Waals surface area contributed by atoms with Crippen LogP contribution in [0.3, 0.4) is 0 Å². The van der Waals surface area contributed by atoms with E-state index in [4.69, 9.17) is 0 Å². The van der Waals surface area contributed by atoms with Gasteiger partial charge in [-0.25, -0.2) is 5.43 Å². The van der Waals surface area contributed by atoms with Crippen LogP contribution in [0.1, 0.15) is 29.2 Å². The second kappa shape index (κ2) is 7.36. The topological polar surface area (TPSA) is 41.5 Å². The van der Waals surface area contributed by atoms with Gasteiger partial charge >= 0.3 is 0 Å². The van der Waals surface area contributed by atoms with Crippen LogP contribution in [0, 0.1) is 13.8 Å². The van der Waals surface area contributed by atoms with Crippen LogP contribution in [-0.2, 0) is 11.2 Å². The highest BCUT2D eigenvalue weighted by atomic mass is 79.9. The van der Waals surface area contributed by atoms with Crippen LogP contribution in [0.15, 0.2) is 52.0 Å². The first-order chi connectivity index (χ1) is 10.5. The van der Waals surface area contributed by atoms with Crippen LogP contribution in [0.2, 0.25) is 0 Å². The average Bonchev–Trinajstić information content (AvgIpc) is 2.49. The number of hydrogen-bond donors (Lipinski definition) is 1. The van der Waals surface area contributed by atoms with E-state index in [2.05, 4.69) is 26.5 Å². The van der Waals surface area contributed by atoms with Gasteiger partial charge in [0, 0.05) is 4.47 Å². The number of nitrogens with one attached hydrogen (secondary N) is 1. The SMILES string of the molecule is C/C(=N/NC(=O)Cc1cc(C)ccc1C)c1ccc(Br)cc1. The Morgan fingerprint density at radius 1 is 1.14 bits per heavy atom. The van der Waals surface area contributed by atoms with Gasteiger partial charge in [-0.15, -0.1) is 0 Å². The van der Waals surface area contributed by atoms with Gasteiger partial charge in [0.2, 0.25) is 5.91 Å². The number of rotatable bonds is 4. The molecule has 0 atom stereocenters. The smallest absolute Gasteiger partial charge is 0.244 e. The molecule has 2 rings (SSSR count). The number of nitrogens with zero attached hydrogens (tertiary/aromatic N) is 1. The summed E-state index contributed by atoms with van der Waals surface area (Å²) in [5, 5.41) is 4.17. The molecule has 0 aromatic heterocycles. The van der Waals surface area contributed by atoms with Gasteiger partial charge < -0.3 is 0 Å². The fourth-order valence-electron chi connectivity index (χ4n) is 2.11. The van der Waals surface area contributed by atoms with E-state index >= 15 is 0 Å². The van der Waals surface area contributed by atoms with E-state index in [9.17, 15) is 4.79 Å². The standard InChI is InChI=1S/C18H19BrN2O/c1-12-4-5-13(2)16(10-12)11-18(22)21-20-14(3)15-6-8-17(19)9-7-15/h4-10H,11H2,1-3H3,(H,21,22)/b20-14-. The highest BCUT2D eigenvalue weighted by Crippen LogP contribution is 2.12. The van der Waals surface area contributed by atoms with Crippen molar-refractivity contribution in [1.29, 1.82) is 0 Å². The first-order valence-corrected chi connectivity index (χ1v) is 7.90. The van der Waals surface area contributed by atoms with Crippen molar-refractivity contribution in [3.8, 4) is 0 Å². The zero-order valence-corrected chi connectivity index (χ0v) is 14.6. The molecule has 3 nitrogen and oxygen atoms in total. The van der Waals surface area contributed by atoms with Crippen molar-refractivity contribution >= 4 is 27.5 Å². The molecule has 0 spiro atoms. The zero-order valence-electron chi connectivity index (χ0n) is 13.0. The maximum absolute atomic E-state index is 12.0. The van der Waals surface area contributed by atoms with E-state index in [0.29, 0.717) is 6.42 Å². The third-order valence-electron chi connectivity index (χ3n) is 3.47. The van der Waals surface area contributed by atoms with E-state index in [-0.39, 0.29) is 5.91 Å². The van der Waals surface area contributed by atoms with Crippen molar-refractivity contribution < 1.29 is 4.79 Å². The predicted octanol–water partition coefficient (Wildman–Crippen LogP) is 4.15. The molecule has 2 aromatic carbocycles. The normalized spacial score (nSPS) is 11.4. The first kappa shape index (κ1) is 16.4. The molecule has 22 heavy (non-hydrogen) atoms. The van der Waals surface area contributed by atoms with Crippen molar-refractivity contribution in [2.75, 3.05) is 0 Å². The Balaban J connectivity index is 2.01. The lowest BCUT2D eigenvalue weighted by Gasteiger charge is -2.07. The van der Waals surface area contributed by atoms with Gasteiger partial charge in [0.05, 0.1) is 12.1 Å². The summed E-state index contributed by atoms with van der Waals surface area (Å²) in [5.74, 6) is -0.106. The highest BCUT2D eigenvalue weighted by molar-refractivity contribution is 9.10. The molecule has 0 aliphatic carbocycles. The molecular weight excluding hydrogens is 340 g/mol. The molecule has 0 heterocycles. The number of amides is 1. The quantitative estimate of drug-likeness (QED) is 0.647. The van der Waals surface area contributed by atoms with Crippen LogP contribution < -0.4 is 5.43 Å². The summed E-state index contributed by atoms with van der Waals surface area (Å²) >= 11 is 3.40. The van der Waals surface area contributed by atoms with E-state index in [0.717, 1.165) is 32.4 Å². The minimum Gasteiger partial charge on any atom is -0.273 e. The lowest BCUT2D eigenvalue weighted by atomic mass is 10.0. The Labute approximate surface area is 139 Å². The number of benzene rings is 2. The molecule has 0 saturated carbocycles. The van der Waals surface area contributed by atoms with E-state index < -0.39 is 0 Å². The number of carbonyl (C=O) groups excluding carboxylic acids is 1. The Morgan fingerprint density at radius 3 is 2.50 bits per heavy atom. The van der Waals surface area contributed by atoms with Crippen molar-refractivity contribution in [3.63, 3.8) is 0 Å². The lowest BCUT2D eigenvalue weighted by Crippen LogP contribution is -2.21. The molecule has 0 aliphatic rings. The molecular formula is C18H19BrN2O. The number of aryl methyl sites for hydroxylation is 2. The van der Waals surface area contributed by atoms with Crippen molar-refractivity contribution in [2.24, 2.45) is 5.10 Å². The summed E-state index contributed by atoms with van der Waals surface area (Å²) in [5.41, 5.74) is 7.70. The lowest BCUT2D eigenvalue weighted by molar-refractivity contribution is -0.120. The number of halogens is 1. The number of hydrazone groups is 1. The Hall–Kier alpha value is -1.94. The fourth-order valence-corrected chi connectivity index (χ4v) is 2.37. The molecule has 0 bridgehead atoms. The van der Waals surface area contributed by atoms with Gasteiger partial charge in [-0.05, 0) is 49.6 Å². The van der Waals surface area contributed by atoms with Gasteiger partial charge in [-0.1, -0.05) is 51.8 Å². The van der Waals surface area contributed by atoms with Crippen LogP contribution in [0.4, 0.5) is 0 Å². The van der Waals surface area contributed by atoms with Crippen molar-refractivity contribution in [1.82, 2.24) is 5.43 Å². The molecule has 0 radical (unpaired) electrons. The monoisotopic (exact) mass is 358 g/mol. The van der Waals surface area contributed by atoms with E-state index in [1.807, 2.05) is 63.2 Å². The van der Waals surface area contributed by atoms with Crippen LogP contribution >= 0.6 is 15.9 Å². The van der Waals surface area contributed by atoms with Crippen LogP contribution in [-0.4, -0.2) is 11.6 Å². The second-order valence-electron chi connectivity index (χ2n) is 5.35. The maximum atomic E-state index is 12.0. The summed E-state index contributed by atoms with van der Waals surface area (Å²) in [7, 11) is 0. The average molecular weight is 359 g/mol. The number of carbonyl (C=O) groups is 1. The van der Waals surface area contributed by atoms with Gasteiger partial charge in [-0.3, -0.25) is 4.79 Å². The minimum absolute atomic E-state index is 0.106. The molecule has 4 heteroatoms. The molecule has 2 aromatic rings. The zero-order chi connectivity index (χ0) is 16.1. The predicted molar refractivity (Wildman–Crippen MR) is 94.1 cm³/mol. The Bertz CT molecular complexity index is 706. The minimum atomic E-state index is -0.106. The summed E-state index contributed by atoms with van der Waals surface area (Å²) in [6.07, 6.45) is 0.338. The fraction of sp³-hybridized carbons (Fsp3) is 0.222. The second-order valence-corrected chi connectivity index (χ2v) is 6.26. The van der Waals surface area contributed by atoms with Crippen LogP contribution in [0.5, 0.6) is 0 Å². The third-order valence-corrected chi connectivity index (χ3v) is 3.99. The molecule has 0 unspecified atom stereocenters. The summed E-state index contributed by atoms with van der Waals surface area (Å²) in [6, 6.07) is 13.9. The van der Waals surface area contributed by atoms with Crippen LogP contribution in [0.25, 0.3) is 0 Å². The Morgan fingerprint density at radius 2 is 1.82 bits per heavy atom. The summed E-state index contributed by atoms with van der Waals surface area (Å²) in [4.78, 5) is 12.0. The molecule has 1 N–H and O–H groups in total. The number of hydrogen-bond acceptors (Lipinski definition) is 2. The molecule has 114 valence electrons. The highest BCUT2D eigenvalue weighted by Gasteiger charge is 2.06. The van der Waals surface area contributed by atoms with Crippen molar-refractivity contribution in [3.05, 3.63) is 69.2 Å². The molecule has 0 fully saturated rings. The molecule has 1 amide bonds. The first-order valence-electron chi connectivity index (χ1n) is 7.11. The third kappa shape index (κ3) is 4.53. The summed E-state index contributed by atoms with van der Waals surface area (Å²) < 4.78 is 1.02. The van der Waals surface area contributed by atoms with E-state index in [1.165, 1.54) is 0 Å². The van der Waals surface area contributed by atoms with Gasteiger partial charge in [0.1, 0.15) is 0 Å². The summed E-state index contributed by atoms with van der Waals surface area (Å²) in [6.45, 7) is 5.91. The largest absolute Gasteiger partial charge is 0.273 e.